The number of likely N-dealkylation sites (tertiary alicyclic amines) is 1. The first-order valence-corrected chi connectivity index (χ1v) is 7.51. The zero-order valence-corrected chi connectivity index (χ0v) is 12.9. The molecule has 1 aliphatic rings. The van der Waals surface area contributed by atoms with Gasteiger partial charge in [0.25, 0.3) is 5.56 Å². The maximum Gasteiger partial charge on any atom is 0.267 e. The average molecular weight is 314 g/mol. The summed E-state index contributed by atoms with van der Waals surface area (Å²) in [6.45, 7) is 3.02. The third kappa shape index (κ3) is 3.74. The van der Waals surface area contributed by atoms with E-state index in [2.05, 4.69) is 10.1 Å². The molecular formula is C16H18N4O3. The van der Waals surface area contributed by atoms with E-state index in [-0.39, 0.29) is 24.1 Å². The molecule has 0 N–H and O–H groups in total. The van der Waals surface area contributed by atoms with Gasteiger partial charge in [0, 0.05) is 37.5 Å². The lowest BCUT2D eigenvalue weighted by Crippen LogP contribution is -2.36. The minimum atomic E-state index is -0.281. The Morgan fingerprint density at radius 3 is 3.00 bits per heavy atom. The van der Waals surface area contributed by atoms with Crippen LogP contribution in [-0.4, -0.2) is 44.8 Å². The second kappa shape index (κ2) is 6.60. The van der Waals surface area contributed by atoms with E-state index in [4.69, 9.17) is 4.74 Å². The fourth-order valence-corrected chi connectivity index (χ4v) is 2.48. The molecule has 1 amide bonds. The molecule has 1 aliphatic heterocycles. The van der Waals surface area contributed by atoms with Gasteiger partial charge in [0.2, 0.25) is 11.8 Å². The summed E-state index contributed by atoms with van der Waals surface area (Å²) in [5.74, 6) is 0.435. The van der Waals surface area contributed by atoms with Crippen LogP contribution in [0.5, 0.6) is 5.88 Å². The lowest BCUT2D eigenvalue weighted by molar-refractivity contribution is -0.131. The van der Waals surface area contributed by atoms with Gasteiger partial charge in [0.05, 0.1) is 6.54 Å². The zero-order valence-electron chi connectivity index (χ0n) is 12.9. The maximum absolute atomic E-state index is 12.3. The van der Waals surface area contributed by atoms with Crippen molar-refractivity contribution in [2.45, 2.75) is 26.0 Å². The molecule has 2 aromatic heterocycles. The van der Waals surface area contributed by atoms with Gasteiger partial charge in [-0.25, -0.2) is 9.67 Å². The van der Waals surface area contributed by atoms with Crippen LogP contribution in [0.15, 0.2) is 41.5 Å². The van der Waals surface area contributed by atoms with E-state index in [0.29, 0.717) is 19.0 Å². The second-order valence-electron chi connectivity index (χ2n) is 5.56. The lowest BCUT2D eigenvalue weighted by Gasteiger charge is -2.17. The predicted molar refractivity (Wildman–Crippen MR) is 83.1 cm³/mol. The highest BCUT2D eigenvalue weighted by molar-refractivity contribution is 5.76. The fraction of sp³-hybridized carbons (Fsp3) is 0.375. The Labute approximate surface area is 133 Å². The quantitative estimate of drug-likeness (QED) is 0.827. The Bertz CT molecular complexity index is 741. The van der Waals surface area contributed by atoms with Gasteiger partial charge in [-0.1, -0.05) is 6.07 Å². The van der Waals surface area contributed by atoms with E-state index in [1.54, 1.807) is 17.2 Å². The molecule has 0 aliphatic carbocycles. The summed E-state index contributed by atoms with van der Waals surface area (Å²) in [6.07, 6.45) is 3.92. The molecule has 1 unspecified atom stereocenters. The van der Waals surface area contributed by atoms with Crippen molar-refractivity contribution >= 4 is 5.91 Å². The Kier molecular flexibility index (Phi) is 4.36. The van der Waals surface area contributed by atoms with Crippen LogP contribution in [0.2, 0.25) is 0 Å². The normalized spacial score (nSPS) is 17.3. The van der Waals surface area contributed by atoms with E-state index >= 15 is 0 Å². The third-order valence-corrected chi connectivity index (χ3v) is 3.74. The molecule has 0 saturated carbocycles. The first kappa shape index (κ1) is 15.2. The van der Waals surface area contributed by atoms with Crippen molar-refractivity contribution in [3.05, 3.63) is 52.6 Å². The Morgan fingerprint density at radius 2 is 2.26 bits per heavy atom. The van der Waals surface area contributed by atoms with Crippen molar-refractivity contribution in [1.82, 2.24) is 19.7 Å². The van der Waals surface area contributed by atoms with Gasteiger partial charge in [-0.2, -0.15) is 5.10 Å². The molecule has 120 valence electrons. The lowest BCUT2D eigenvalue weighted by atomic mass is 10.3. The summed E-state index contributed by atoms with van der Waals surface area (Å²) in [5, 5.41) is 3.90. The van der Waals surface area contributed by atoms with Crippen LogP contribution in [-0.2, 0) is 11.3 Å². The number of pyridine rings is 1. The Balaban J connectivity index is 1.57. The zero-order chi connectivity index (χ0) is 16.2. The van der Waals surface area contributed by atoms with E-state index in [1.165, 1.54) is 12.3 Å². The molecule has 1 fully saturated rings. The number of hydrogen-bond acceptors (Lipinski definition) is 5. The molecule has 23 heavy (non-hydrogen) atoms. The largest absolute Gasteiger partial charge is 0.472 e. The first-order chi connectivity index (χ1) is 11.1. The van der Waals surface area contributed by atoms with Crippen LogP contribution in [0, 0.1) is 6.92 Å². The Morgan fingerprint density at radius 1 is 1.39 bits per heavy atom. The number of hydrogen-bond donors (Lipinski definition) is 0. The number of carbonyl (C=O) groups excluding carboxylic acids is 1. The van der Waals surface area contributed by atoms with Gasteiger partial charge in [-0.15, -0.1) is 0 Å². The van der Waals surface area contributed by atoms with Crippen molar-refractivity contribution in [2.75, 3.05) is 13.1 Å². The summed E-state index contributed by atoms with van der Waals surface area (Å²) < 4.78 is 6.96. The number of carbonyl (C=O) groups is 1. The maximum atomic E-state index is 12.3. The molecule has 3 heterocycles. The standard InChI is InChI=1S/C16H18N4O3/c1-12-4-5-14(17-9-12)23-13-6-8-19(10-13)16(22)11-20-15(21)3-2-7-18-20/h2-5,7,9,13H,6,8,10-11H2,1H3. The van der Waals surface area contributed by atoms with Crippen molar-refractivity contribution < 1.29 is 9.53 Å². The van der Waals surface area contributed by atoms with E-state index in [9.17, 15) is 9.59 Å². The molecule has 7 heteroatoms. The summed E-state index contributed by atoms with van der Waals surface area (Å²) >= 11 is 0. The number of rotatable bonds is 4. The first-order valence-electron chi connectivity index (χ1n) is 7.51. The Hall–Kier alpha value is -2.70. The molecule has 0 bridgehead atoms. The number of aromatic nitrogens is 3. The highest BCUT2D eigenvalue weighted by Gasteiger charge is 2.28. The average Bonchev–Trinajstić information content (AvgIpc) is 3.00. The molecule has 1 atom stereocenters. The highest BCUT2D eigenvalue weighted by Crippen LogP contribution is 2.17. The SMILES string of the molecule is Cc1ccc(OC2CCN(C(=O)Cn3ncccc3=O)C2)nc1. The predicted octanol–water partition coefficient (Wildman–Crippen LogP) is 0.627. The van der Waals surface area contributed by atoms with Gasteiger partial charge >= 0.3 is 0 Å². The van der Waals surface area contributed by atoms with Crippen LogP contribution in [0.4, 0.5) is 0 Å². The molecule has 1 saturated heterocycles. The highest BCUT2D eigenvalue weighted by atomic mass is 16.5. The van der Waals surface area contributed by atoms with Crippen molar-refractivity contribution in [2.24, 2.45) is 0 Å². The van der Waals surface area contributed by atoms with E-state index < -0.39 is 0 Å². The van der Waals surface area contributed by atoms with Crippen LogP contribution in [0.1, 0.15) is 12.0 Å². The molecule has 3 rings (SSSR count). The van der Waals surface area contributed by atoms with Crippen molar-refractivity contribution in [1.29, 1.82) is 0 Å². The summed E-state index contributed by atoms with van der Waals surface area (Å²) in [4.78, 5) is 29.8. The number of aryl methyl sites for hydroxylation is 1. The minimum Gasteiger partial charge on any atom is -0.472 e. The van der Waals surface area contributed by atoms with Crippen LogP contribution in [0.25, 0.3) is 0 Å². The summed E-state index contributed by atoms with van der Waals surface area (Å²) in [6, 6.07) is 6.71. The fourth-order valence-electron chi connectivity index (χ4n) is 2.48. The van der Waals surface area contributed by atoms with Crippen LogP contribution in [0.3, 0.4) is 0 Å². The number of ether oxygens (including phenoxy) is 1. The van der Waals surface area contributed by atoms with E-state index in [0.717, 1.165) is 16.7 Å². The van der Waals surface area contributed by atoms with Crippen molar-refractivity contribution in [3.8, 4) is 5.88 Å². The molecule has 2 aromatic rings. The van der Waals surface area contributed by atoms with Gasteiger partial charge in [-0.05, 0) is 18.6 Å². The monoisotopic (exact) mass is 314 g/mol. The topological polar surface area (TPSA) is 77.3 Å². The van der Waals surface area contributed by atoms with Crippen molar-refractivity contribution in [3.63, 3.8) is 0 Å². The number of amides is 1. The molecule has 0 aromatic carbocycles. The van der Waals surface area contributed by atoms with Crippen LogP contribution < -0.4 is 10.3 Å². The third-order valence-electron chi connectivity index (χ3n) is 3.74. The van der Waals surface area contributed by atoms with E-state index in [1.807, 2.05) is 19.1 Å². The minimum absolute atomic E-state index is 0.0465. The molecule has 7 nitrogen and oxygen atoms in total. The molecule has 0 radical (unpaired) electrons. The second-order valence-corrected chi connectivity index (χ2v) is 5.56. The van der Waals surface area contributed by atoms with Gasteiger partial charge < -0.3 is 9.64 Å². The summed E-state index contributed by atoms with van der Waals surface area (Å²) in [5.41, 5.74) is 0.790. The van der Waals surface area contributed by atoms with Gasteiger partial charge in [0.15, 0.2) is 0 Å². The molecule has 0 spiro atoms. The molecular weight excluding hydrogens is 296 g/mol. The number of nitrogens with zero attached hydrogens (tertiary/aromatic N) is 4. The summed E-state index contributed by atoms with van der Waals surface area (Å²) in [7, 11) is 0. The van der Waals surface area contributed by atoms with Crippen LogP contribution >= 0.6 is 0 Å². The smallest absolute Gasteiger partial charge is 0.267 e. The van der Waals surface area contributed by atoms with Gasteiger partial charge in [0.1, 0.15) is 12.6 Å². The van der Waals surface area contributed by atoms with Gasteiger partial charge in [-0.3, -0.25) is 9.59 Å².